The van der Waals surface area contributed by atoms with Gasteiger partial charge < -0.3 is 19.5 Å². The van der Waals surface area contributed by atoms with Gasteiger partial charge in [-0.05, 0) is 49.6 Å². The molecule has 1 heterocycles. The summed E-state index contributed by atoms with van der Waals surface area (Å²) in [6.07, 6.45) is 0. The summed E-state index contributed by atoms with van der Waals surface area (Å²) in [6, 6.07) is 15.0. The number of benzene rings is 2. The van der Waals surface area contributed by atoms with Crippen molar-refractivity contribution in [2.45, 2.75) is 20.8 Å². The Morgan fingerprint density at radius 2 is 1.64 bits per heavy atom. The van der Waals surface area contributed by atoms with Crippen molar-refractivity contribution in [1.82, 2.24) is 0 Å². The van der Waals surface area contributed by atoms with Crippen LogP contribution in [0.3, 0.4) is 0 Å². The highest BCUT2D eigenvalue weighted by Crippen LogP contribution is 2.36. The zero-order chi connectivity index (χ0) is 23.8. The average molecular weight is 468 g/mol. The number of carbonyl (C=O) groups excluding carboxylic acids is 3. The van der Waals surface area contributed by atoms with Crippen molar-refractivity contribution in [3.05, 3.63) is 70.6 Å². The van der Waals surface area contributed by atoms with Crippen LogP contribution in [0.25, 0.3) is 11.1 Å². The first-order valence-electron chi connectivity index (χ1n) is 10.4. The van der Waals surface area contributed by atoms with Crippen LogP contribution in [-0.2, 0) is 19.1 Å². The summed E-state index contributed by atoms with van der Waals surface area (Å²) in [6.45, 7) is 4.96. The second-order valence-electron chi connectivity index (χ2n) is 7.26. The SMILES string of the molecule is CCOC(=O)c1c(-c2ccccc2)csc1NC(=O)COC(=O)COc1cc(C)cc(C)c1. The molecule has 1 aromatic heterocycles. The molecule has 33 heavy (non-hydrogen) atoms. The van der Waals surface area contributed by atoms with Gasteiger partial charge >= 0.3 is 11.9 Å². The van der Waals surface area contributed by atoms with Gasteiger partial charge in [-0.15, -0.1) is 11.3 Å². The summed E-state index contributed by atoms with van der Waals surface area (Å²) in [5, 5.41) is 4.76. The van der Waals surface area contributed by atoms with Crippen LogP contribution in [0.2, 0.25) is 0 Å². The van der Waals surface area contributed by atoms with E-state index in [2.05, 4.69) is 5.32 Å². The molecule has 0 aliphatic rings. The molecular weight excluding hydrogens is 442 g/mol. The van der Waals surface area contributed by atoms with Crippen LogP contribution in [0.5, 0.6) is 5.75 Å². The molecule has 1 N–H and O–H groups in total. The smallest absolute Gasteiger partial charge is 0.344 e. The fraction of sp³-hybridized carbons (Fsp3) is 0.240. The van der Waals surface area contributed by atoms with Gasteiger partial charge in [0.1, 0.15) is 16.3 Å². The average Bonchev–Trinajstić information content (AvgIpc) is 3.20. The molecule has 3 aromatic rings. The van der Waals surface area contributed by atoms with Gasteiger partial charge in [0, 0.05) is 10.9 Å². The Balaban J connectivity index is 1.61. The van der Waals surface area contributed by atoms with E-state index in [1.807, 2.05) is 62.4 Å². The molecule has 0 atom stereocenters. The third-order valence-corrected chi connectivity index (χ3v) is 5.42. The predicted octanol–water partition coefficient (Wildman–Crippen LogP) is 4.77. The Bertz CT molecular complexity index is 1120. The van der Waals surface area contributed by atoms with E-state index in [0.717, 1.165) is 16.7 Å². The molecule has 7 nitrogen and oxygen atoms in total. The minimum atomic E-state index is -0.675. The minimum absolute atomic E-state index is 0.203. The molecule has 8 heteroatoms. The van der Waals surface area contributed by atoms with E-state index in [1.165, 1.54) is 11.3 Å². The Morgan fingerprint density at radius 1 is 0.939 bits per heavy atom. The number of hydrogen-bond donors (Lipinski definition) is 1. The second-order valence-corrected chi connectivity index (χ2v) is 8.14. The van der Waals surface area contributed by atoms with Gasteiger partial charge in [0.2, 0.25) is 0 Å². The number of ether oxygens (including phenoxy) is 3. The Hall–Kier alpha value is -3.65. The highest BCUT2D eigenvalue weighted by Gasteiger charge is 2.23. The maximum absolute atomic E-state index is 12.6. The van der Waals surface area contributed by atoms with Gasteiger partial charge in [-0.3, -0.25) is 4.79 Å². The normalized spacial score (nSPS) is 10.4. The summed E-state index contributed by atoms with van der Waals surface area (Å²) in [7, 11) is 0. The first-order chi connectivity index (χ1) is 15.9. The molecule has 0 fully saturated rings. The standard InChI is InChI=1S/C25H25NO6S/c1-4-30-25(29)23-20(18-8-6-5-7-9-18)15-33-24(23)26-21(27)13-32-22(28)14-31-19-11-16(2)10-17(3)12-19/h5-12,15H,4,13-14H2,1-3H3,(H,26,27). The van der Waals surface area contributed by atoms with Crippen LogP contribution in [0.1, 0.15) is 28.4 Å². The highest BCUT2D eigenvalue weighted by molar-refractivity contribution is 7.15. The van der Waals surface area contributed by atoms with Crippen LogP contribution in [-0.4, -0.2) is 37.7 Å². The lowest BCUT2D eigenvalue weighted by atomic mass is 10.0. The summed E-state index contributed by atoms with van der Waals surface area (Å²) in [4.78, 5) is 36.9. The van der Waals surface area contributed by atoms with Gasteiger partial charge in [-0.2, -0.15) is 0 Å². The second kappa shape index (κ2) is 11.3. The third kappa shape index (κ3) is 6.66. The first kappa shape index (κ1) is 24.0. The van der Waals surface area contributed by atoms with Gasteiger partial charge in [-0.25, -0.2) is 9.59 Å². The van der Waals surface area contributed by atoms with Crippen molar-refractivity contribution in [2.75, 3.05) is 25.1 Å². The highest BCUT2D eigenvalue weighted by atomic mass is 32.1. The van der Waals surface area contributed by atoms with Crippen LogP contribution in [0.15, 0.2) is 53.9 Å². The number of rotatable bonds is 9. The number of nitrogens with one attached hydrogen (secondary N) is 1. The maximum Gasteiger partial charge on any atom is 0.344 e. The molecule has 0 radical (unpaired) electrons. The summed E-state index contributed by atoms with van der Waals surface area (Å²) in [5.74, 6) is -1.22. The number of anilines is 1. The van der Waals surface area contributed by atoms with Crippen molar-refractivity contribution < 1.29 is 28.6 Å². The van der Waals surface area contributed by atoms with Crippen molar-refractivity contribution in [3.8, 4) is 16.9 Å². The number of carbonyl (C=O) groups is 3. The summed E-state index contributed by atoms with van der Waals surface area (Å²) in [5.41, 5.74) is 3.79. The van der Waals surface area contributed by atoms with E-state index in [1.54, 1.807) is 12.3 Å². The first-order valence-corrected chi connectivity index (χ1v) is 11.3. The Morgan fingerprint density at radius 3 is 2.30 bits per heavy atom. The van der Waals surface area contributed by atoms with E-state index in [-0.39, 0.29) is 18.8 Å². The molecule has 0 spiro atoms. The van der Waals surface area contributed by atoms with E-state index in [0.29, 0.717) is 16.3 Å². The molecule has 0 saturated carbocycles. The zero-order valence-corrected chi connectivity index (χ0v) is 19.5. The number of hydrogen-bond acceptors (Lipinski definition) is 7. The predicted molar refractivity (Wildman–Crippen MR) is 127 cm³/mol. The van der Waals surface area contributed by atoms with Gasteiger partial charge in [0.05, 0.1) is 6.61 Å². The fourth-order valence-electron chi connectivity index (χ4n) is 3.19. The molecule has 0 aliphatic heterocycles. The largest absolute Gasteiger partial charge is 0.482 e. The molecule has 0 saturated heterocycles. The van der Waals surface area contributed by atoms with Gasteiger partial charge in [0.25, 0.3) is 5.91 Å². The van der Waals surface area contributed by atoms with Crippen molar-refractivity contribution >= 4 is 34.2 Å². The fourth-order valence-corrected chi connectivity index (χ4v) is 4.17. The number of aryl methyl sites for hydroxylation is 2. The quantitative estimate of drug-likeness (QED) is 0.456. The number of amides is 1. The molecule has 0 unspecified atom stereocenters. The molecular formula is C25H25NO6S. The van der Waals surface area contributed by atoms with Crippen molar-refractivity contribution in [2.24, 2.45) is 0 Å². The monoisotopic (exact) mass is 467 g/mol. The van der Waals surface area contributed by atoms with Gasteiger partial charge in [0.15, 0.2) is 13.2 Å². The molecule has 172 valence electrons. The van der Waals surface area contributed by atoms with Crippen LogP contribution in [0.4, 0.5) is 5.00 Å². The molecule has 3 rings (SSSR count). The Labute approximate surface area is 196 Å². The maximum atomic E-state index is 12.6. The minimum Gasteiger partial charge on any atom is -0.482 e. The Kier molecular flexibility index (Phi) is 8.21. The molecule has 0 bridgehead atoms. The van der Waals surface area contributed by atoms with Crippen LogP contribution in [0, 0.1) is 13.8 Å². The van der Waals surface area contributed by atoms with Crippen LogP contribution >= 0.6 is 11.3 Å². The van der Waals surface area contributed by atoms with Gasteiger partial charge in [-0.1, -0.05) is 36.4 Å². The van der Waals surface area contributed by atoms with E-state index in [9.17, 15) is 14.4 Å². The lowest BCUT2D eigenvalue weighted by molar-refractivity contribution is -0.149. The van der Waals surface area contributed by atoms with E-state index < -0.39 is 24.5 Å². The van der Waals surface area contributed by atoms with Crippen molar-refractivity contribution in [1.29, 1.82) is 0 Å². The topological polar surface area (TPSA) is 90.9 Å². The molecule has 0 aliphatic carbocycles. The lowest BCUT2D eigenvalue weighted by Crippen LogP contribution is -2.24. The third-order valence-electron chi connectivity index (χ3n) is 4.52. The number of esters is 2. The lowest BCUT2D eigenvalue weighted by Gasteiger charge is -2.10. The van der Waals surface area contributed by atoms with Crippen LogP contribution < -0.4 is 10.1 Å². The summed E-state index contributed by atoms with van der Waals surface area (Å²) < 4.78 is 15.6. The van der Waals surface area contributed by atoms with Crippen molar-refractivity contribution in [3.63, 3.8) is 0 Å². The van der Waals surface area contributed by atoms with E-state index >= 15 is 0 Å². The molecule has 1 amide bonds. The molecule has 2 aromatic carbocycles. The van der Waals surface area contributed by atoms with E-state index in [4.69, 9.17) is 14.2 Å². The number of thiophene rings is 1. The zero-order valence-electron chi connectivity index (χ0n) is 18.7. The summed E-state index contributed by atoms with van der Waals surface area (Å²) >= 11 is 1.20.